The summed E-state index contributed by atoms with van der Waals surface area (Å²) in [5.41, 5.74) is 1.68. The number of nitrogens with zero attached hydrogens (tertiary/aromatic N) is 2. The molecule has 0 aromatic heterocycles. The molecule has 0 N–H and O–H groups in total. The summed E-state index contributed by atoms with van der Waals surface area (Å²) in [7, 11) is 0. The average Bonchev–Trinajstić information content (AvgIpc) is 2.53. The molecule has 0 radical (unpaired) electrons. The molecule has 0 unspecified atom stereocenters. The Morgan fingerprint density at radius 2 is 2.05 bits per heavy atom. The molecular formula is C17H13FN2O2. The van der Waals surface area contributed by atoms with E-state index >= 15 is 0 Å². The van der Waals surface area contributed by atoms with Gasteiger partial charge in [-0.3, -0.25) is 14.5 Å². The Hall–Kier alpha value is -3.00. The number of aryl methyl sites for hydroxylation is 1. The standard InChI is InChI=1S/C17H13FN2O2/c1-12-4-2-3-5-16(12)17(22)20(11-21)10-13-6-7-15(18)8-14(13)9-19/h2-8,11H,10H2,1H3. The summed E-state index contributed by atoms with van der Waals surface area (Å²) in [6.45, 7) is 1.69. The fraction of sp³-hybridized carbons (Fsp3) is 0.118. The van der Waals surface area contributed by atoms with Crippen LogP contribution in [0.3, 0.4) is 0 Å². The van der Waals surface area contributed by atoms with Crippen LogP contribution in [0.4, 0.5) is 4.39 Å². The number of hydrogen-bond donors (Lipinski definition) is 0. The number of nitriles is 1. The number of amides is 2. The first-order valence-electron chi connectivity index (χ1n) is 6.57. The van der Waals surface area contributed by atoms with E-state index in [1.165, 1.54) is 12.1 Å². The van der Waals surface area contributed by atoms with Crippen LogP contribution in [0.2, 0.25) is 0 Å². The zero-order valence-corrected chi connectivity index (χ0v) is 11.9. The zero-order valence-electron chi connectivity index (χ0n) is 11.9. The third kappa shape index (κ3) is 3.18. The maximum atomic E-state index is 13.1. The number of hydrogen-bond acceptors (Lipinski definition) is 3. The van der Waals surface area contributed by atoms with Gasteiger partial charge in [0.1, 0.15) is 5.82 Å². The molecule has 0 aliphatic heterocycles. The maximum Gasteiger partial charge on any atom is 0.260 e. The van der Waals surface area contributed by atoms with Gasteiger partial charge in [0, 0.05) is 5.56 Å². The summed E-state index contributed by atoms with van der Waals surface area (Å²) < 4.78 is 13.1. The number of rotatable bonds is 4. The summed E-state index contributed by atoms with van der Waals surface area (Å²) in [5.74, 6) is -0.996. The minimum absolute atomic E-state index is 0.0835. The highest BCUT2D eigenvalue weighted by Crippen LogP contribution is 2.16. The Kier molecular flexibility index (Phi) is 4.64. The molecule has 2 rings (SSSR count). The van der Waals surface area contributed by atoms with Crippen LogP contribution >= 0.6 is 0 Å². The van der Waals surface area contributed by atoms with Crippen LogP contribution in [0.15, 0.2) is 42.5 Å². The first kappa shape index (κ1) is 15.4. The number of halogens is 1. The largest absolute Gasteiger partial charge is 0.278 e. The lowest BCUT2D eigenvalue weighted by molar-refractivity contribution is -0.116. The molecule has 4 nitrogen and oxygen atoms in total. The van der Waals surface area contributed by atoms with Crippen molar-refractivity contribution in [2.45, 2.75) is 13.5 Å². The van der Waals surface area contributed by atoms with Gasteiger partial charge in [-0.25, -0.2) is 4.39 Å². The van der Waals surface area contributed by atoms with Gasteiger partial charge in [0.25, 0.3) is 5.91 Å². The van der Waals surface area contributed by atoms with Gasteiger partial charge in [0.05, 0.1) is 18.2 Å². The minimum atomic E-state index is -0.539. The highest BCUT2D eigenvalue weighted by Gasteiger charge is 2.18. The van der Waals surface area contributed by atoms with Gasteiger partial charge in [-0.2, -0.15) is 5.26 Å². The highest BCUT2D eigenvalue weighted by molar-refractivity contribution is 6.00. The second-order valence-corrected chi connectivity index (χ2v) is 4.77. The van der Waals surface area contributed by atoms with Crippen LogP contribution in [-0.2, 0) is 11.3 Å². The minimum Gasteiger partial charge on any atom is -0.278 e. The normalized spacial score (nSPS) is 9.86. The summed E-state index contributed by atoms with van der Waals surface area (Å²) in [5, 5.41) is 9.02. The van der Waals surface area contributed by atoms with Crippen LogP contribution in [0.5, 0.6) is 0 Å². The van der Waals surface area contributed by atoms with Gasteiger partial charge in [-0.15, -0.1) is 0 Å². The molecule has 2 aromatic carbocycles. The molecule has 2 amide bonds. The van der Waals surface area contributed by atoms with Crippen molar-refractivity contribution < 1.29 is 14.0 Å². The molecule has 0 bridgehead atoms. The maximum absolute atomic E-state index is 13.1. The second kappa shape index (κ2) is 6.64. The van der Waals surface area contributed by atoms with Gasteiger partial charge >= 0.3 is 0 Å². The first-order valence-corrected chi connectivity index (χ1v) is 6.57. The van der Waals surface area contributed by atoms with E-state index < -0.39 is 11.7 Å². The van der Waals surface area contributed by atoms with Crippen molar-refractivity contribution in [1.82, 2.24) is 4.90 Å². The Bertz CT molecular complexity index is 765. The monoisotopic (exact) mass is 296 g/mol. The fourth-order valence-electron chi connectivity index (χ4n) is 2.10. The first-order chi connectivity index (χ1) is 10.6. The summed E-state index contributed by atoms with van der Waals surface area (Å²) in [4.78, 5) is 24.6. The Balaban J connectivity index is 2.31. The molecule has 110 valence electrons. The summed E-state index contributed by atoms with van der Waals surface area (Å²) in [6.07, 6.45) is 0.416. The van der Waals surface area contributed by atoms with Crippen LogP contribution < -0.4 is 0 Å². The van der Waals surface area contributed by atoms with Crippen molar-refractivity contribution in [3.8, 4) is 6.07 Å². The van der Waals surface area contributed by atoms with E-state index in [4.69, 9.17) is 5.26 Å². The number of imide groups is 1. The van der Waals surface area contributed by atoms with Gasteiger partial charge in [-0.05, 0) is 36.2 Å². The van der Waals surface area contributed by atoms with Crippen LogP contribution in [0.25, 0.3) is 0 Å². The molecule has 0 fully saturated rings. The summed E-state index contributed by atoms with van der Waals surface area (Å²) >= 11 is 0. The lowest BCUT2D eigenvalue weighted by Crippen LogP contribution is -2.30. The molecule has 5 heteroatoms. The molecule has 0 atom stereocenters. The van der Waals surface area contributed by atoms with E-state index in [2.05, 4.69) is 0 Å². The summed E-state index contributed by atoms with van der Waals surface area (Å²) in [6, 6.07) is 12.4. The molecular weight excluding hydrogens is 283 g/mol. The molecule has 0 aliphatic rings. The molecule has 0 heterocycles. The Morgan fingerprint density at radius 3 is 2.68 bits per heavy atom. The van der Waals surface area contributed by atoms with Crippen molar-refractivity contribution in [3.05, 3.63) is 70.5 Å². The topological polar surface area (TPSA) is 61.2 Å². The predicted molar refractivity (Wildman–Crippen MR) is 78.2 cm³/mol. The Labute approximate surface area is 127 Å². The van der Waals surface area contributed by atoms with Crippen LogP contribution in [-0.4, -0.2) is 17.2 Å². The quantitative estimate of drug-likeness (QED) is 0.815. The van der Waals surface area contributed by atoms with E-state index in [9.17, 15) is 14.0 Å². The molecule has 2 aromatic rings. The molecule has 22 heavy (non-hydrogen) atoms. The van der Waals surface area contributed by atoms with Gasteiger partial charge in [-0.1, -0.05) is 24.3 Å². The number of carbonyl (C=O) groups excluding carboxylic acids is 2. The van der Waals surface area contributed by atoms with Gasteiger partial charge in [0.15, 0.2) is 0 Å². The number of carbonyl (C=O) groups is 2. The van der Waals surface area contributed by atoms with E-state index in [0.717, 1.165) is 16.5 Å². The van der Waals surface area contributed by atoms with E-state index in [0.29, 0.717) is 17.5 Å². The third-order valence-electron chi connectivity index (χ3n) is 3.30. The lowest BCUT2D eigenvalue weighted by atomic mass is 10.1. The molecule has 0 saturated heterocycles. The second-order valence-electron chi connectivity index (χ2n) is 4.77. The van der Waals surface area contributed by atoms with Gasteiger partial charge in [0.2, 0.25) is 6.41 Å². The predicted octanol–water partition coefficient (Wildman–Crippen LogP) is 2.80. The lowest BCUT2D eigenvalue weighted by Gasteiger charge is -2.17. The average molecular weight is 296 g/mol. The smallest absolute Gasteiger partial charge is 0.260 e. The van der Waals surface area contributed by atoms with Crippen molar-refractivity contribution in [2.75, 3.05) is 0 Å². The van der Waals surface area contributed by atoms with Crippen LogP contribution in [0, 0.1) is 24.1 Å². The van der Waals surface area contributed by atoms with Crippen molar-refractivity contribution in [3.63, 3.8) is 0 Å². The number of benzene rings is 2. The fourth-order valence-corrected chi connectivity index (χ4v) is 2.10. The van der Waals surface area contributed by atoms with E-state index in [-0.39, 0.29) is 12.1 Å². The van der Waals surface area contributed by atoms with Crippen molar-refractivity contribution in [2.24, 2.45) is 0 Å². The van der Waals surface area contributed by atoms with Crippen molar-refractivity contribution in [1.29, 1.82) is 5.26 Å². The third-order valence-corrected chi connectivity index (χ3v) is 3.30. The highest BCUT2D eigenvalue weighted by atomic mass is 19.1. The van der Waals surface area contributed by atoms with Crippen LogP contribution in [0.1, 0.15) is 27.0 Å². The molecule has 0 saturated carbocycles. The van der Waals surface area contributed by atoms with E-state index in [1.807, 2.05) is 6.07 Å². The van der Waals surface area contributed by atoms with Crippen molar-refractivity contribution >= 4 is 12.3 Å². The zero-order chi connectivity index (χ0) is 16.1. The van der Waals surface area contributed by atoms with E-state index in [1.54, 1.807) is 31.2 Å². The molecule has 0 spiro atoms. The Morgan fingerprint density at radius 1 is 1.32 bits per heavy atom. The molecule has 0 aliphatic carbocycles. The SMILES string of the molecule is Cc1ccccc1C(=O)N(C=O)Cc1ccc(F)cc1C#N. The van der Waals surface area contributed by atoms with Gasteiger partial charge < -0.3 is 0 Å².